The van der Waals surface area contributed by atoms with Crippen LogP contribution in [0.3, 0.4) is 0 Å². The van der Waals surface area contributed by atoms with Gasteiger partial charge >= 0.3 is 0 Å². The number of anilines is 1. The monoisotopic (exact) mass is 306 g/mol. The molecule has 0 aromatic heterocycles. The van der Waals surface area contributed by atoms with Gasteiger partial charge in [0.25, 0.3) is 0 Å². The smallest absolute Gasteiger partial charge is 0.101 e. The Hall–Kier alpha value is -1.01. The minimum Gasteiger partial charge on any atom is -0.373 e. The van der Waals surface area contributed by atoms with Crippen LogP contribution in [0.2, 0.25) is 0 Å². The molecule has 1 aliphatic carbocycles. The molecule has 1 fully saturated rings. The first-order valence-corrected chi connectivity index (χ1v) is 7.41. The summed E-state index contributed by atoms with van der Waals surface area (Å²) in [6, 6.07) is 8.13. The van der Waals surface area contributed by atoms with Gasteiger partial charge in [0.15, 0.2) is 0 Å². The van der Waals surface area contributed by atoms with E-state index in [2.05, 4.69) is 33.9 Å². The fraction of sp³-hybridized carbons (Fsp3) is 0.533. The maximum Gasteiger partial charge on any atom is 0.101 e. The van der Waals surface area contributed by atoms with Gasteiger partial charge in [0.2, 0.25) is 0 Å². The molecule has 1 aliphatic rings. The van der Waals surface area contributed by atoms with Gasteiger partial charge in [0, 0.05) is 18.1 Å². The quantitative estimate of drug-likeness (QED) is 0.830. The summed E-state index contributed by atoms with van der Waals surface area (Å²) in [5.41, 5.74) is 1.80. The van der Waals surface area contributed by atoms with E-state index in [1.165, 1.54) is 32.1 Å². The molecule has 96 valence electrons. The Morgan fingerprint density at radius 2 is 2.06 bits per heavy atom. The Labute approximate surface area is 118 Å². The third-order valence-electron chi connectivity index (χ3n) is 3.75. The molecule has 3 heteroatoms. The van der Waals surface area contributed by atoms with Crippen molar-refractivity contribution in [2.45, 2.75) is 32.1 Å². The van der Waals surface area contributed by atoms with Crippen molar-refractivity contribution in [3.63, 3.8) is 0 Å². The molecule has 2 rings (SSSR count). The zero-order valence-corrected chi connectivity index (χ0v) is 12.4. The maximum absolute atomic E-state index is 9.17. The van der Waals surface area contributed by atoms with Crippen LogP contribution < -0.4 is 4.90 Å². The van der Waals surface area contributed by atoms with Gasteiger partial charge in [-0.2, -0.15) is 5.26 Å². The van der Waals surface area contributed by atoms with Crippen LogP contribution in [-0.4, -0.2) is 13.6 Å². The summed E-state index contributed by atoms with van der Waals surface area (Å²) >= 11 is 3.48. The van der Waals surface area contributed by atoms with E-state index in [1.807, 2.05) is 18.2 Å². The Morgan fingerprint density at radius 3 is 2.72 bits per heavy atom. The van der Waals surface area contributed by atoms with Crippen molar-refractivity contribution in [3.8, 4) is 6.07 Å². The van der Waals surface area contributed by atoms with Gasteiger partial charge in [0.05, 0.1) is 11.3 Å². The summed E-state index contributed by atoms with van der Waals surface area (Å²) < 4.78 is 1.03. The van der Waals surface area contributed by atoms with Crippen molar-refractivity contribution in [3.05, 3.63) is 28.2 Å². The second-order valence-electron chi connectivity index (χ2n) is 5.16. The predicted molar refractivity (Wildman–Crippen MR) is 78.7 cm³/mol. The highest BCUT2D eigenvalue weighted by Gasteiger charge is 2.17. The Morgan fingerprint density at radius 1 is 1.33 bits per heavy atom. The summed E-state index contributed by atoms with van der Waals surface area (Å²) in [6.45, 7) is 1.06. The van der Waals surface area contributed by atoms with Crippen LogP contribution in [0.4, 0.5) is 5.69 Å². The average molecular weight is 307 g/mol. The number of nitrogens with zero attached hydrogens (tertiary/aromatic N) is 2. The zero-order valence-electron chi connectivity index (χ0n) is 10.8. The molecule has 0 atom stereocenters. The Kier molecular flexibility index (Phi) is 4.66. The summed E-state index contributed by atoms with van der Waals surface area (Å²) in [5.74, 6) is 0.786. The van der Waals surface area contributed by atoms with Gasteiger partial charge in [-0.15, -0.1) is 0 Å². The van der Waals surface area contributed by atoms with Crippen molar-refractivity contribution >= 4 is 21.6 Å². The third kappa shape index (κ3) is 3.26. The van der Waals surface area contributed by atoms with Gasteiger partial charge in [-0.05, 0) is 37.0 Å². The van der Waals surface area contributed by atoms with Gasteiger partial charge in [-0.25, -0.2) is 0 Å². The van der Waals surface area contributed by atoms with Gasteiger partial charge in [0.1, 0.15) is 6.07 Å². The maximum atomic E-state index is 9.17. The van der Waals surface area contributed by atoms with Crippen molar-refractivity contribution in [1.29, 1.82) is 5.26 Å². The van der Waals surface area contributed by atoms with E-state index >= 15 is 0 Å². The van der Waals surface area contributed by atoms with E-state index < -0.39 is 0 Å². The molecule has 18 heavy (non-hydrogen) atoms. The highest BCUT2D eigenvalue weighted by molar-refractivity contribution is 9.10. The molecule has 0 saturated heterocycles. The fourth-order valence-corrected chi connectivity index (χ4v) is 3.12. The first-order chi connectivity index (χ1) is 8.70. The second kappa shape index (κ2) is 6.24. The van der Waals surface area contributed by atoms with Gasteiger partial charge in [-0.1, -0.05) is 35.2 Å². The van der Waals surface area contributed by atoms with Crippen molar-refractivity contribution in [2.75, 3.05) is 18.5 Å². The SMILES string of the molecule is CN(CC1CCCCC1)c1cc(Br)ccc1C#N. The lowest BCUT2D eigenvalue weighted by molar-refractivity contribution is 0.362. The minimum absolute atomic E-state index is 0.761. The van der Waals surface area contributed by atoms with Crippen molar-refractivity contribution in [2.24, 2.45) is 5.92 Å². The molecule has 0 radical (unpaired) electrons. The first-order valence-electron chi connectivity index (χ1n) is 6.61. The van der Waals surface area contributed by atoms with E-state index in [0.717, 1.165) is 28.2 Å². The molecule has 0 spiro atoms. The first kappa shape index (κ1) is 13.4. The number of hydrogen-bond acceptors (Lipinski definition) is 2. The second-order valence-corrected chi connectivity index (χ2v) is 6.07. The normalized spacial score (nSPS) is 16.3. The molecule has 1 aromatic carbocycles. The van der Waals surface area contributed by atoms with Crippen LogP contribution in [0.25, 0.3) is 0 Å². The van der Waals surface area contributed by atoms with E-state index in [-0.39, 0.29) is 0 Å². The van der Waals surface area contributed by atoms with E-state index in [1.54, 1.807) is 0 Å². The Balaban J connectivity index is 2.10. The van der Waals surface area contributed by atoms with Gasteiger partial charge < -0.3 is 4.90 Å². The number of benzene rings is 1. The molecule has 1 saturated carbocycles. The van der Waals surface area contributed by atoms with Crippen LogP contribution in [0, 0.1) is 17.2 Å². The molecule has 0 N–H and O–H groups in total. The largest absolute Gasteiger partial charge is 0.373 e. The third-order valence-corrected chi connectivity index (χ3v) is 4.24. The molecule has 1 aromatic rings. The fourth-order valence-electron chi connectivity index (χ4n) is 2.77. The van der Waals surface area contributed by atoms with Crippen LogP contribution in [-0.2, 0) is 0 Å². The molecule has 0 unspecified atom stereocenters. The lowest BCUT2D eigenvalue weighted by Gasteiger charge is -2.29. The number of hydrogen-bond donors (Lipinski definition) is 0. The number of halogens is 1. The topological polar surface area (TPSA) is 27.0 Å². The standard InChI is InChI=1S/C15H19BrN2/c1-18(11-12-5-3-2-4-6-12)15-9-14(16)8-7-13(15)10-17/h7-9,12H,2-6,11H2,1H3. The number of rotatable bonds is 3. The lowest BCUT2D eigenvalue weighted by atomic mass is 9.89. The summed E-state index contributed by atoms with van der Waals surface area (Å²) in [6.07, 6.45) is 6.78. The summed E-state index contributed by atoms with van der Waals surface area (Å²) in [4.78, 5) is 2.24. The summed E-state index contributed by atoms with van der Waals surface area (Å²) in [7, 11) is 2.09. The summed E-state index contributed by atoms with van der Waals surface area (Å²) in [5, 5.41) is 9.17. The molecule has 0 aliphatic heterocycles. The van der Waals surface area contributed by atoms with Crippen LogP contribution >= 0.6 is 15.9 Å². The Bertz CT molecular complexity index is 444. The van der Waals surface area contributed by atoms with Crippen LogP contribution in [0.5, 0.6) is 0 Å². The molecule has 0 amide bonds. The molecular formula is C15H19BrN2. The van der Waals surface area contributed by atoms with E-state index in [9.17, 15) is 5.26 Å². The van der Waals surface area contributed by atoms with Crippen molar-refractivity contribution < 1.29 is 0 Å². The highest BCUT2D eigenvalue weighted by Crippen LogP contribution is 2.28. The minimum atomic E-state index is 0.761. The molecule has 2 nitrogen and oxygen atoms in total. The predicted octanol–water partition coefficient (Wildman–Crippen LogP) is 4.34. The van der Waals surface area contributed by atoms with Gasteiger partial charge in [-0.3, -0.25) is 0 Å². The van der Waals surface area contributed by atoms with Crippen LogP contribution in [0.15, 0.2) is 22.7 Å². The highest BCUT2D eigenvalue weighted by atomic mass is 79.9. The van der Waals surface area contributed by atoms with E-state index in [0.29, 0.717) is 0 Å². The molecule has 0 heterocycles. The molecular weight excluding hydrogens is 288 g/mol. The zero-order chi connectivity index (χ0) is 13.0. The average Bonchev–Trinajstić information content (AvgIpc) is 2.40. The molecule has 0 bridgehead atoms. The number of nitriles is 1. The van der Waals surface area contributed by atoms with Crippen molar-refractivity contribution in [1.82, 2.24) is 0 Å². The lowest BCUT2D eigenvalue weighted by Crippen LogP contribution is -2.27. The van der Waals surface area contributed by atoms with Crippen LogP contribution in [0.1, 0.15) is 37.7 Å². The van der Waals surface area contributed by atoms with E-state index in [4.69, 9.17) is 0 Å².